The molecule has 2 N–H and O–H groups in total. The van der Waals surface area contributed by atoms with Crippen LogP contribution >= 0.6 is 11.6 Å². The van der Waals surface area contributed by atoms with E-state index in [1.807, 2.05) is 12.1 Å². The van der Waals surface area contributed by atoms with Gasteiger partial charge >= 0.3 is 5.97 Å². The van der Waals surface area contributed by atoms with Gasteiger partial charge in [0.1, 0.15) is 11.5 Å². The molecule has 0 aliphatic carbocycles. The van der Waals surface area contributed by atoms with Crippen molar-refractivity contribution in [1.29, 1.82) is 0 Å². The molecule has 2 aromatic carbocycles. The molecule has 1 saturated heterocycles. The number of nitrogens with zero attached hydrogens (tertiary/aromatic N) is 1. The van der Waals surface area contributed by atoms with E-state index in [4.69, 9.17) is 31.5 Å². The Balaban J connectivity index is 1.72. The molecular formula is C21H23ClN2O5. The van der Waals surface area contributed by atoms with Gasteiger partial charge in [0.25, 0.3) is 5.91 Å². The number of anilines is 1. The Morgan fingerprint density at radius 1 is 1.17 bits per heavy atom. The van der Waals surface area contributed by atoms with Gasteiger partial charge in [-0.1, -0.05) is 11.6 Å². The molecule has 29 heavy (non-hydrogen) atoms. The monoisotopic (exact) mass is 418 g/mol. The Bertz CT molecular complexity index is 918. The van der Waals surface area contributed by atoms with Crippen molar-refractivity contribution in [2.24, 2.45) is 0 Å². The van der Waals surface area contributed by atoms with Crippen molar-refractivity contribution in [2.75, 3.05) is 33.1 Å². The molecule has 1 aliphatic heterocycles. The second-order valence-electron chi connectivity index (χ2n) is 6.66. The number of likely N-dealkylation sites (tertiary alicyclic amines) is 1. The summed E-state index contributed by atoms with van der Waals surface area (Å²) in [6.07, 6.45) is 1.62. The highest BCUT2D eigenvalue weighted by molar-refractivity contribution is 6.31. The van der Waals surface area contributed by atoms with Crippen molar-refractivity contribution in [3.63, 3.8) is 0 Å². The van der Waals surface area contributed by atoms with Gasteiger partial charge in [-0.15, -0.1) is 0 Å². The van der Waals surface area contributed by atoms with Crippen LogP contribution in [0.1, 0.15) is 34.8 Å². The number of hydrogen-bond acceptors (Lipinski definition) is 6. The number of esters is 1. The number of amides is 1. The van der Waals surface area contributed by atoms with Gasteiger partial charge in [0.15, 0.2) is 6.61 Å². The van der Waals surface area contributed by atoms with Crippen molar-refractivity contribution in [2.45, 2.75) is 18.9 Å². The Labute approximate surface area is 174 Å². The molecule has 1 amide bonds. The van der Waals surface area contributed by atoms with E-state index < -0.39 is 5.97 Å². The van der Waals surface area contributed by atoms with Gasteiger partial charge in [-0.2, -0.15) is 0 Å². The fourth-order valence-electron chi connectivity index (χ4n) is 3.48. The average molecular weight is 419 g/mol. The maximum atomic E-state index is 12.8. The van der Waals surface area contributed by atoms with E-state index >= 15 is 0 Å². The van der Waals surface area contributed by atoms with Crippen LogP contribution in [0.5, 0.6) is 11.5 Å². The molecule has 1 fully saturated rings. The lowest BCUT2D eigenvalue weighted by atomic mass is 10.0. The normalized spacial score (nSPS) is 15.8. The standard InChI is InChI=1S/C21H23ClN2O5/c1-27-14-6-8-19(28-2)16(11-14)18-4-3-9-24(18)20(25)12-29-21(26)15-10-13(22)5-7-17(15)23/h5-8,10-11,18H,3-4,9,12,23H2,1-2H3/t18-/m0/s1. The van der Waals surface area contributed by atoms with Crippen LogP contribution in [0, 0.1) is 0 Å². The molecule has 0 bridgehead atoms. The summed E-state index contributed by atoms with van der Waals surface area (Å²) in [5, 5.41) is 0.363. The maximum absolute atomic E-state index is 12.8. The van der Waals surface area contributed by atoms with Crippen molar-refractivity contribution < 1.29 is 23.8 Å². The smallest absolute Gasteiger partial charge is 0.340 e. The minimum absolute atomic E-state index is 0.137. The van der Waals surface area contributed by atoms with Crippen LogP contribution in [0.25, 0.3) is 0 Å². The van der Waals surface area contributed by atoms with E-state index in [0.717, 1.165) is 18.4 Å². The number of carbonyl (C=O) groups is 2. The molecule has 1 aliphatic rings. The van der Waals surface area contributed by atoms with Crippen LogP contribution in [0.4, 0.5) is 5.69 Å². The first-order valence-electron chi connectivity index (χ1n) is 9.18. The molecule has 1 heterocycles. The summed E-state index contributed by atoms with van der Waals surface area (Å²) in [5.74, 6) is 0.390. The molecule has 0 radical (unpaired) electrons. The molecule has 7 nitrogen and oxygen atoms in total. The van der Waals surface area contributed by atoms with Gasteiger partial charge in [0.05, 0.1) is 25.8 Å². The molecular weight excluding hydrogens is 396 g/mol. The van der Waals surface area contributed by atoms with Crippen LogP contribution in [0.2, 0.25) is 5.02 Å². The van der Waals surface area contributed by atoms with E-state index in [2.05, 4.69) is 0 Å². The fraction of sp³-hybridized carbons (Fsp3) is 0.333. The number of halogens is 1. The van der Waals surface area contributed by atoms with Crippen LogP contribution < -0.4 is 15.2 Å². The van der Waals surface area contributed by atoms with Crippen LogP contribution in [-0.4, -0.2) is 44.1 Å². The second-order valence-corrected chi connectivity index (χ2v) is 7.10. The number of rotatable bonds is 6. The molecule has 0 spiro atoms. The van der Waals surface area contributed by atoms with E-state index in [1.54, 1.807) is 31.3 Å². The summed E-state index contributed by atoms with van der Waals surface area (Å²) in [6, 6.07) is 9.83. The van der Waals surface area contributed by atoms with Gasteiger partial charge in [-0.25, -0.2) is 4.79 Å². The fourth-order valence-corrected chi connectivity index (χ4v) is 3.65. The summed E-state index contributed by atoms with van der Waals surface area (Å²) in [4.78, 5) is 26.8. The largest absolute Gasteiger partial charge is 0.497 e. The minimum Gasteiger partial charge on any atom is -0.497 e. The summed E-state index contributed by atoms with van der Waals surface area (Å²) < 4.78 is 16.0. The predicted molar refractivity (Wildman–Crippen MR) is 109 cm³/mol. The highest BCUT2D eigenvalue weighted by Gasteiger charge is 2.32. The molecule has 3 rings (SSSR count). The van der Waals surface area contributed by atoms with Gasteiger partial charge in [-0.3, -0.25) is 4.79 Å². The summed E-state index contributed by atoms with van der Waals surface area (Å²) in [5.41, 5.74) is 7.04. The number of carbonyl (C=O) groups excluding carboxylic acids is 2. The van der Waals surface area contributed by atoms with Gasteiger partial charge in [0.2, 0.25) is 0 Å². The number of benzene rings is 2. The average Bonchev–Trinajstić information content (AvgIpc) is 3.22. The van der Waals surface area contributed by atoms with Gasteiger partial charge < -0.3 is 24.8 Å². The van der Waals surface area contributed by atoms with Crippen molar-refractivity contribution in [3.8, 4) is 11.5 Å². The first-order valence-corrected chi connectivity index (χ1v) is 9.56. The number of ether oxygens (including phenoxy) is 3. The summed E-state index contributed by atoms with van der Waals surface area (Å²) in [6.45, 7) is 0.189. The zero-order chi connectivity index (χ0) is 21.0. The molecule has 0 unspecified atom stereocenters. The first kappa shape index (κ1) is 20.8. The summed E-state index contributed by atoms with van der Waals surface area (Å²) >= 11 is 5.91. The van der Waals surface area contributed by atoms with E-state index in [9.17, 15) is 9.59 Å². The van der Waals surface area contributed by atoms with E-state index in [-0.39, 0.29) is 29.8 Å². The zero-order valence-corrected chi connectivity index (χ0v) is 17.1. The number of nitrogen functional groups attached to an aromatic ring is 1. The van der Waals surface area contributed by atoms with E-state index in [1.165, 1.54) is 12.1 Å². The van der Waals surface area contributed by atoms with Crippen LogP contribution in [0.3, 0.4) is 0 Å². The lowest BCUT2D eigenvalue weighted by Gasteiger charge is -2.26. The maximum Gasteiger partial charge on any atom is 0.340 e. The number of methoxy groups -OCH3 is 2. The highest BCUT2D eigenvalue weighted by atomic mass is 35.5. The first-order chi connectivity index (χ1) is 13.9. The van der Waals surface area contributed by atoms with Gasteiger partial charge in [-0.05, 0) is 49.2 Å². The number of nitrogens with two attached hydrogens (primary N) is 1. The van der Waals surface area contributed by atoms with E-state index in [0.29, 0.717) is 23.1 Å². The third kappa shape index (κ3) is 4.56. The topological polar surface area (TPSA) is 91.1 Å². The Morgan fingerprint density at radius 3 is 2.69 bits per heavy atom. The molecule has 154 valence electrons. The van der Waals surface area contributed by atoms with Crippen LogP contribution in [0.15, 0.2) is 36.4 Å². The van der Waals surface area contributed by atoms with Crippen LogP contribution in [-0.2, 0) is 9.53 Å². The second kappa shape index (κ2) is 9.05. The van der Waals surface area contributed by atoms with Crippen molar-refractivity contribution >= 4 is 29.2 Å². The minimum atomic E-state index is -0.687. The predicted octanol–water partition coefficient (Wildman–Crippen LogP) is 3.46. The highest BCUT2D eigenvalue weighted by Crippen LogP contribution is 2.39. The Kier molecular flexibility index (Phi) is 6.49. The third-order valence-electron chi connectivity index (χ3n) is 4.93. The Morgan fingerprint density at radius 2 is 1.97 bits per heavy atom. The lowest BCUT2D eigenvalue weighted by Crippen LogP contribution is -2.34. The SMILES string of the molecule is COc1ccc(OC)c([C@@H]2CCCN2C(=O)COC(=O)c2cc(Cl)ccc2N)c1. The third-order valence-corrected chi connectivity index (χ3v) is 5.17. The van der Waals surface area contributed by atoms with Gasteiger partial charge in [0, 0.05) is 22.8 Å². The molecule has 2 aromatic rings. The quantitative estimate of drug-likeness (QED) is 0.570. The van der Waals surface area contributed by atoms with Crippen molar-refractivity contribution in [1.82, 2.24) is 4.90 Å². The molecule has 0 saturated carbocycles. The molecule has 8 heteroatoms. The number of hydrogen-bond donors (Lipinski definition) is 1. The zero-order valence-electron chi connectivity index (χ0n) is 16.3. The Hall–Kier alpha value is -2.93. The summed E-state index contributed by atoms with van der Waals surface area (Å²) in [7, 11) is 3.17. The van der Waals surface area contributed by atoms with Crippen molar-refractivity contribution in [3.05, 3.63) is 52.5 Å². The lowest BCUT2D eigenvalue weighted by molar-refractivity contribution is -0.135. The molecule has 1 atom stereocenters. The molecule has 0 aromatic heterocycles.